The Morgan fingerprint density at radius 1 is 1.20 bits per heavy atom. The minimum absolute atomic E-state index is 0.0684. The van der Waals surface area contributed by atoms with E-state index in [-0.39, 0.29) is 36.0 Å². The molecule has 3 heterocycles. The van der Waals surface area contributed by atoms with Crippen LogP contribution in [0.1, 0.15) is 48.2 Å². The van der Waals surface area contributed by atoms with Crippen LogP contribution in [0.5, 0.6) is 5.75 Å². The van der Waals surface area contributed by atoms with Crippen LogP contribution >= 0.6 is 0 Å². The largest absolute Gasteiger partial charge is 0.495 e. The Hall–Kier alpha value is -3.27. The van der Waals surface area contributed by atoms with E-state index in [0.29, 0.717) is 30.7 Å². The molecule has 0 radical (unpaired) electrons. The van der Waals surface area contributed by atoms with Crippen molar-refractivity contribution >= 4 is 6.29 Å². The lowest BCUT2D eigenvalue weighted by Gasteiger charge is -2.32. The van der Waals surface area contributed by atoms with Crippen LogP contribution in [-0.2, 0) is 15.7 Å². The summed E-state index contributed by atoms with van der Waals surface area (Å²) in [6.45, 7) is 0.270. The molecule has 5 rings (SSSR count). The minimum atomic E-state index is -4.64. The molecule has 4 atom stereocenters. The number of benzene rings is 1. The van der Waals surface area contributed by atoms with Crippen LogP contribution in [0.15, 0.2) is 48.8 Å². The summed E-state index contributed by atoms with van der Waals surface area (Å²) >= 11 is 0. The Balaban J connectivity index is 1.50. The number of aldehydes is 1. The van der Waals surface area contributed by atoms with Gasteiger partial charge in [-0.1, -0.05) is 12.1 Å². The smallest absolute Gasteiger partial charge is 0.450 e. The molecule has 2 aromatic heterocycles. The van der Waals surface area contributed by atoms with Crippen molar-refractivity contribution in [1.29, 1.82) is 0 Å². The summed E-state index contributed by atoms with van der Waals surface area (Å²) in [5.41, 5.74) is 0.641. The lowest BCUT2D eigenvalue weighted by Crippen LogP contribution is -2.33. The minimum Gasteiger partial charge on any atom is -0.495 e. The van der Waals surface area contributed by atoms with Crippen LogP contribution in [0.4, 0.5) is 17.6 Å². The third-order valence-electron chi connectivity index (χ3n) is 7.08. The van der Waals surface area contributed by atoms with E-state index in [4.69, 9.17) is 9.47 Å². The number of imidazole rings is 1. The van der Waals surface area contributed by atoms with Crippen LogP contribution in [0, 0.1) is 11.7 Å². The van der Waals surface area contributed by atoms with Gasteiger partial charge < -0.3 is 14.3 Å². The second kappa shape index (κ2) is 8.75. The Morgan fingerprint density at radius 2 is 1.97 bits per heavy atom. The Morgan fingerprint density at radius 3 is 2.66 bits per heavy atom. The lowest BCUT2D eigenvalue weighted by atomic mass is 9.77. The molecule has 2 aliphatic rings. The highest BCUT2D eigenvalue weighted by Crippen LogP contribution is 2.56. The van der Waals surface area contributed by atoms with Gasteiger partial charge in [0.2, 0.25) is 5.82 Å². The fraction of sp³-hybridized carbons (Fsp3) is 0.400. The molecule has 35 heavy (non-hydrogen) atoms. The Labute approximate surface area is 198 Å². The van der Waals surface area contributed by atoms with Gasteiger partial charge in [-0.25, -0.2) is 14.4 Å². The normalized spacial score (nSPS) is 26.4. The summed E-state index contributed by atoms with van der Waals surface area (Å²) in [4.78, 5) is 19.9. The van der Waals surface area contributed by atoms with Crippen molar-refractivity contribution in [3.63, 3.8) is 0 Å². The molecule has 0 N–H and O–H groups in total. The molecule has 184 valence electrons. The predicted octanol–water partition coefficient (Wildman–Crippen LogP) is 5.07. The molecule has 6 nitrogen and oxygen atoms in total. The van der Waals surface area contributed by atoms with Crippen molar-refractivity contribution in [2.24, 2.45) is 5.92 Å². The zero-order valence-corrected chi connectivity index (χ0v) is 18.8. The van der Waals surface area contributed by atoms with Gasteiger partial charge in [0.1, 0.15) is 23.7 Å². The number of pyridine rings is 1. The van der Waals surface area contributed by atoms with E-state index in [9.17, 15) is 22.4 Å². The molecule has 3 aromatic rings. The maximum atomic E-state index is 13.5. The number of hydrogen-bond donors (Lipinski definition) is 0. The summed E-state index contributed by atoms with van der Waals surface area (Å²) in [6, 6.07) is 9.13. The van der Waals surface area contributed by atoms with Gasteiger partial charge in [0.25, 0.3) is 0 Å². The SMILES string of the molecule is COc1ccc(-n2ccnc2C(F)(F)F)nc1[C@H]1CO[C@]2(CC[C@H](C=O)[C@H]2c2ccc(F)cc2)C1. The molecule has 10 heteroatoms. The summed E-state index contributed by atoms with van der Waals surface area (Å²) < 4.78 is 66.5. The van der Waals surface area contributed by atoms with Crippen LogP contribution in [-0.4, -0.2) is 40.1 Å². The van der Waals surface area contributed by atoms with E-state index >= 15 is 0 Å². The van der Waals surface area contributed by atoms with E-state index in [0.717, 1.165) is 22.6 Å². The van der Waals surface area contributed by atoms with Crippen LogP contribution in [0.25, 0.3) is 5.82 Å². The number of halogens is 4. The first kappa shape index (κ1) is 23.5. The predicted molar refractivity (Wildman–Crippen MR) is 117 cm³/mol. The van der Waals surface area contributed by atoms with Gasteiger partial charge in [-0.2, -0.15) is 13.2 Å². The van der Waals surface area contributed by atoms with Crippen molar-refractivity contribution < 1.29 is 31.8 Å². The first-order valence-corrected chi connectivity index (χ1v) is 11.3. The average molecular weight is 489 g/mol. The first-order valence-electron chi connectivity index (χ1n) is 11.3. The van der Waals surface area contributed by atoms with Crippen LogP contribution in [0.3, 0.4) is 0 Å². The number of hydrogen-bond acceptors (Lipinski definition) is 5. The third-order valence-corrected chi connectivity index (χ3v) is 7.08. The lowest BCUT2D eigenvalue weighted by molar-refractivity contribution is -0.146. The molecule has 0 amide bonds. The second-order valence-corrected chi connectivity index (χ2v) is 9.02. The molecule has 1 aliphatic carbocycles. The molecule has 1 aromatic carbocycles. The maximum absolute atomic E-state index is 13.5. The van der Waals surface area contributed by atoms with E-state index in [1.165, 1.54) is 31.5 Å². The highest BCUT2D eigenvalue weighted by molar-refractivity contribution is 5.58. The molecule has 1 spiro atoms. The maximum Gasteiger partial charge on any atom is 0.450 e. The summed E-state index contributed by atoms with van der Waals surface area (Å²) in [5, 5.41) is 0. The van der Waals surface area contributed by atoms with Gasteiger partial charge in [0, 0.05) is 30.1 Å². The van der Waals surface area contributed by atoms with Crippen molar-refractivity contribution in [2.45, 2.75) is 42.9 Å². The number of carbonyl (C=O) groups excluding carboxylic acids is 1. The molecular formula is C25H23F4N3O3. The van der Waals surface area contributed by atoms with E-state index in [1.54, 1.807) is 18.2 Å². The quantitative estimate of drug-likeness (QED) is 0.370. The van der Waals surface area contributed by atoms with Gasteiger partial charge >= 0.3 is 6.18 Å². The van der Waals surface area contributed by atoms with Crippen molar-refractivity contribution in [2.75, 3.05) is 13.7 Å². The van der Waals surface area contributed by atoms with Gasteiger partial charge in [-0.05, 0) is 49.1 Å². The van der Waals surface area contributed by atoms with Gasteiger partial charge in [-0.3, -0.25) is 4.57 Å². The number of carbonyl (C=O) groups is 1. The van der Waals surface area contributed by atoms with E-state index in [2.05, 4.69) is 9.97 Å². The zero-order chi connectivity index (χ0) is 24.8. The van der Waals surface area contributed by atoms with E-state index in [1.807, 2.05) is 0 Å². The number of alkyl halides is 3. The molecule has 2 fully saturated rings. The Bertz CT molecular complexity index is 1230. The number of ether oxygens (including phenoxy) is 2. The van der Waals surface area contributed by atoms with Crippen LogP contribution < -0.4 is 4.74 Å². The Kier molecular flexibility index (Phi) is 5.86. The number of rotatable bonds is 5. The van der Waals surface area contributed by atoms with E-state index < -0.39 is 17.6 Å². The zero-order valence-electron chi connectivity index (χ0n) is 18.8. The molecule has 1 saturated carbocycles. The van der Waals surface area contributed by atoms with Crippen molar-refractivity contribution in [3.05, 3.63) is 71.7 Å². The summed E-state index contributed by atoms with van der Waals surface area (Å²) in [6.07, 6.45) is 0.349. The van der Waals surface area contributed by atoms with Gasteiger partial charge in [0.15, 0.2) is 0 Å². The number of nitrogens with zero attached hydrogens (tertiary/aromatic N) is 3. The summed E-state index contributed by atoms with van der Waals surface area (Å²) in [7, 11) is 1.48. The average Bonchev–Trinajstić information content (AvgIpc) is 3.58. The standard InChI is InChI=1S/C25H23F4N3O3/c1-34-19-6-7-20(32-11-10-30-23(32)25(27,28)29)31-22(19)17-12-24(35-14-17)9-8-16(13-33)21(24)15-2-4-18(26)5-3-15/h2-7,10-11,13,16-17,21H,8-9,12,14H2,1H3/t16-,17-,21-,24-/m1/s1. The highest BCUT2D eigenvalue weighted by Gasteiger charge is 2.54. The van der Waals surface area contributed by atoms with Crippen LogP contribution in [0.2, 0.25) is 0 Å². The van der Waals surface area contributed by atoms with Crippen molar-refractivity contribution in [3.8, 4) is 11.6 Å². The second-order valence-electron chi connectivity index (χ2n) is 9.02. The molecule has 1 saturated heterocycles. The third kappa shape index (κ3) is 4.09. The molecule has 0 bridgehead atoms. The highest BCUT2D eigenvalue weighted by atomic mass is 19.4. The number of aromatic nitrogens is 3. The number of methoxy groups -OCH3 is 1. The van der Waals surface area contributed by atoms with Gasteiger partial charge in [-0.15, -0.1) is 0 Å². The van der Waals surface area contributed by atoms with Gasteiger partial charge in [0.05, 0.1) is 25.0 Å². The first-order chi connectivity index (χ1) is 16.8. The monoisotopic (exact) mass is 489 g/mol. The topological polar surface area (TPSA) is 66.2 Å². The summed E-state index contributed by atoms with van der Waals surface area (Å²) in [5.74, 6) is -1.73. The van der Waals surface area contributed by atoms with Crippen molar-refractivity contribution in [1.82, 2.24) is 14.5 Å². The molecule has 1 aliphatic heterocycles. The molecular weight excluding hydrogens is 466 g/mol. The fourth-order valence-corrected chi connectivity index (χ4v) is 5.61. The fourth-order valence-electron chi connectivity index (χ4n) is 5.61. The molecule has 0 unspecified atom stereocenters.